The van der Waals surface area contributed by atoms with E-state index in [-0.39, 0.29) is 5.82 Å². The predicted molar refractivity (Wildman–Crippen MR) is 87.4 cm³/mol. The summed E-state index contributed by atoms with van der Waals surface area (Å²) in [6.45, 7) is 6.06. The van der Waals surface area contributed by atoms with Crippen LogP contribution in [0.25, 0.3) is 0 Å². The van der Waals surface area contributed by atoms with E-state index in [2.05, 4.69) is 35.1 Å². The maximum atomic E-state index is 13.3. The summed E-state index contributed by atoms with van der Waals surface area (Å²) in [5, 5.41) is 3.38. The van der Waals surface area contributed by atoms with Crippen LogP contribution in [0.2, 0.25) is 0 Å². The minimum absolute atomic E-state index is 0.323. The van der Waals surface area contributed by atoms with E-state index in [4.69, 9.17) is 4.74 Å². The van der Waals surface area contributed by atoms with Gasteiger partial charge >= 0.3 is 0 Å². The van der Waals surface area contributed by atoms with Crippen molar-refractivity contribution in [3.8, 4) is 11.5 Å². The normalized spacial score (nSPS) is 10.7. The Morgan fingerprint density at radius 2 is 1.95 bits per heavy atom. The molecule has 0 spiro atoms. The minimum Gasteiger partial charge on any atom is -0.457 e. The van der Waals surface area contributed by atoms with Crippen LogP contribution in [0.4, 0.5) is 4.39 Å². The summed E-state index contributed by atoms with van der Waals surface area (Å²) in [5.74, 6) is 0.874. The second kappa shape index (κ2) is 7.57. The Bertz CT molecular complexity index is 595. The van der Waals surface area contributed by atoms with Gasteiger partial charge in [-0.05, 0) is 55.3 Å². The van der Waals surface area contributed by atoms with Crippen molar-refractivity contribution < 1.29 is 9.13 Å². The first-order valence-electron chi connectivity index (χ1n) is 7.02. The van der Waals surface area contributed by atoms with E-state index in [0.29, 0.717) is 16.0 Å². The van der Waals surface area contributed by atoms with Gasteiger partial charge in [0.05, 0.1) is 0 Å². The van der Waals surface area contributed by atoms with Crippen molar-refractivity contribution in [1.29, 1.82) is 0 Å². The van der Waals surface area contributed by atoms with Gasteiger partial charge in [-0.1, -0.05) is 28.9 Å². The van der Waals surface area contributed by atoms with E-state index >= 15 is 0 Å². The van der Waals surface area contributed by atoms with E-state index < -0.39 is 0 Å². The zero-order valence-electron chi connectivity index (χ0n) is 12.2. The van der Waals surface area contributed by atoms with Crippen molar-refractivity contribution in [2.24, 2.45) is 0 Å². The third kappa shape index (κ3) is 4.83. The van der Waals surface area contributed by atoms with E-state index in [1.54, 1.807) is 6.07 Å². The van der Waals surface area contributed by atoms with E-state index in [1.807, 2.05) is 18.2 Å². The van der Waals surface area contributed by atoms with E-state index in [0.717, 1.165) is 25.1 Å². The molecule has 0 unspecified atom stereocenters. The summed E-state index contributed by atoms with van der Waals surface area (Å²) in [7, 11) is 0. The van der Waals surface area contributed by atoms with Crippen LogP contribution < -0.4 is 10.1 Å². The number of benzene rings is 2. The van der Waals surface area contributed by atoms with Gasteiger partial charge in [-0.2, -0.15) is 0 Å². The van der Waals surface area contributed by atoms with Gasteiger partial charge < -0.3 is 10.1 Å². The molecule has 2 rings (SSSR count). The molecule has 0 aromatic heterocycles. The molecule has 0 aliphatic carbocycles. The summed E-state index contributed by atoms with van der Waals surface area (Å²) in [4.78, 5) is 0. The van der Waals surface area contributed by atoms with Crippen LogP contribution in [0.1, 0.15) is 24.5 Å². The summed E-state index contributed by atoms with van der Waals surface area (Å²) in [6.07, 6.45) is 1.12. The molecule has 112 valence electrons. The third-order valence-electron chi connectivity index (χ3n) is 3.13. The molecule has 0 saturated carbocycles. The average Bonchev–Trinajstić information content (AvgIpc) is 2.40. The molecule has 0 radical (unpaired) electrons. The summed E-state index contributed by atoms with van der Waals surface area (Å²) >= 11 is 3.26. The number of ether oxygens (including phenoxy) is 1. The highest BCUT2D eigenvalue weighted by Gasteiger charge is 2.04. The first-order chi connectivity index (χ1) is 10.1. The van der Waals surface area contributed by atoms with Crippen LogP contribution >= 0.6 is 15.9 Å². The maximum Gasteiger partial charge on any atom is 0.131 e. The lowest BCUT2D eigenvalue weighted by atomic mass is 10.1. The van der Waals surface area contributed by atoms with Crippen LogP contribution in [0.5, 0.6) is 11.5 Å². The summed E-state index contributed by atoms with van der Waals surface area (Å²) < 4.78 is 19.7. The maximum absolute atomic E-state index is 13.3. The Kier molecular flexibility index (Phi) is 5.76. The Balaban J connectivity index is 2.09. The fourth-order valence-electron chi connectivity index (χ4n) is 2.05. The van der Waals surface area contributed by atoms with Crippen molar-refractivity contribution in [1.82, 2.24) is 5.32 Å². The lowest BCUT2D eigenvalue weighted by Crippen LogP contribution is -2.14. The Hall–Kier alpha value is -1.39. The molecule has 0 heterocycles. The molecule has 0 fully saturated rings. The zero-order valence-corrected chi connectivity index (χ0v) is 13.8. The largest absolute Gasteiger partial charge is 0.457 e. The Morgan fingerprint density at radius 1 is 1.14 bits per heavy atom. The molecule has 2 nitrogen and oxygen atoms in total. The first-order valence-corrected chi connectivity index (χ1v) is 7.82. The molecule has 0 aliphatic rings. The number of hydrogen-bond acceptors (Lipinski definition) is 2. The minimum atomic E-state index is -0.323. The highest BCUT2D eigenvalue weighted by atomic mass is 79.9. The SMILES string of the molecule is CCCNCc1ccc(Oc2cc(F)cc(Br)c2)cc1C. The van der Waals surface area contributed by atoms with Crippen LogP contribution in [0, 0.1) is 12.7 Å². The van der Waals surface area contributed by atoms with Gasteiger partial charge in [0, 0.05) is 17.1 Å². The van der Waals surface area contributed by atoms with E-state index in [1.165, 1.54) is 17.7 Å². The lowest BCUT2D eigenvalue weighted by Gasteiger charge is -2.11. The monoisotopic (exact) mass is 351 g/mol. The molecule has 0 atom stereocenters. The molecule has 0 saturated heterocycles. The van der Waals surface area contributed by atoms with Gasteiger partial charge in [0.2, 0.25) is 0 Å². The molecule has 0 aliphatic heterocycles. The van der Waals surface area contributed by atoms with Crippen molar-refractivity contribution in [2.45, 2.75) is 26.8 Å². The second-order valence-corrected chi connectivity index (χ2v) is 5.89. The molecular formula is C17H19BrFNO. The smallest absolute Gasteiger partial charge is 0.131 e. The van der Waals surface area contributed by atoms with Gasteiger partial charge in [0.1, 0.15) is 17.3 Å². The third-order valence-corrected chi connectivity index (χ3v) is 3.59. The second-order valence-electron chi connectivity index (χ2n) is 4.97. The van der Waals surface area contributed by atoms with E-state index in [9.17, 15) is 4.39 Å². The Labute approximate surface area is 133 Å². The molecule has 21 heavy (non-hydrogen) atoms. The van der Waals surface area contributed by atoms with Crippen LogP contribution in [-0.2, 0) is 6.54 Å². The lowest BCUT2D eigenvalue weighted by molar-refractivity contribution is 0.475. The van der Waals surface area contributed by atoms with Crippen molar-refractivity contribution in [3.05, 3.63) is 57.8 Å². The van der Waals surface area contributed by atoms with Crippen molar-refractivity contribution in [3.63, 3.8) is 0 Å². The van der Waals surface area contributed by atoms with Crippen molar-refractivity contribution >= 4 is 15.9 Å². The van der Waals surface area contributed by atoms with Crippen molar-refractivity contribution in [2.75, 3.05) is 6.54 Å². The Morgan fingerprint density at radius 3 is 2.62 bits per heavy atom. The summed E-state index contributed by atoms with van der Waals surface area (Å²) in [6, 6.07) is 10.4. The highest BCUT2D eigenvalue weighted by Crippen LogP contribution is 2.27. The van der Waals surface area contributed by atoms with Crippen LogP contribution in [0.3, 0.4) is 0 Å². The number of halogens is 2. The standard InChI is InChI=1S/C17H19BrFNO/c1-3-6-20-11-13-4-5-16(7-12(13)2)21-17-9-14(18)8-15(19)10-17/h4-5,7-10,20H,3,6,11H2,1-2H3. The predicted octanol–water partition coefficient (Wildman–Crippen LogP) is 5.19. The van der Waals surface area contributed by atoms with Crippen LogP contribution in [0.15, 0.2) is 40.9 Å². The molecule has 4 heteroatoms. The van der Waals surface area contributed by atoms with Gasteiger partial charge in [-0.3, -0.25) is 0 Å². The first kappa shape index (κ1) is 16.0. The molecule has 0 bridgehead atoms. The van der Waals surface area contributed by atoms with Gasteiger partial charge in [-0.25, -0.2) is 4.39 Å². The number of nitrogens with one attached hydrogen (secondary N) is 1. The number of aryl methyl sites for hydroxylation is 1. The fourth-order valence-corrected chi connectivity index (χ4v) is 2.50. The highest BCUT2D eigenvalue weighted by molar-refractivity contribution is 9.10. The molecule has 1 N–H and O–H groups in total. The van der Waals surface area contributed by atoms with Crippen LogP contribution in [-0.4, -0.2) is 6.54 Å². The quantitative estimate of drug-likeness (QED) is 0.723. The number of rotatable bonds is 6. The molecule has 0 amide bonds. The van der Waals surface area contributed by atoms with Gasteiger partial charge in [0.15, 0.2) is 0 Å². The summed E-state index contributed by atoms with van der Waals surface area (Å²) in [5.41, 5.74) is 2.41. The fraction of sp³-hybridized carbons (Fsp3) is 0.294. The topological polar surface area (TPSA) is 21.3 Å². The zero-order chi connectivity index (χ0) is 15.2. The van der Waals surface area contributed by atoms with Gasteiger partial charge in [0.25, 0.3) is 0 Å². The molecular weight excluding hydrogens is 333 g/mol. The molecule has 2 aromatic carbocycles. The molecule has 2 aromatic rings. The van der Waals surface area contributed by atoms with Gasteiger partial charge in [-0.15, -0.1) is 0 Å². The average molecular weight is 352 g/mol. The number of hydrogen-bond donors (Lipinski definition) is 1.